The lowest BCUT2D eigenvalue weighted by Gasteiger charge is -2.30. The Balaban J connectivity index is 1.47. The Morgan fingerprint density at radius 1 is 1.14 bits per heavy atom. The number of Topliss-reactive ketones (excluding diaryl/α,β-unsaturated/α-hetero) is 1. The maximum Gasteiger partial charge on any atom is 0.226 e. The normalized spacial score (nSPS) is 19.1. The maximum atomic E-state index is 12.9. The molecule has 0 bridgehead atoms. The second-order valence-corrected chi connectivity index (χ2v) is 8.12. The van der Waals surface area contributed by atoms with Crippen LogP contribution in [-0.2, 0) is 17.9 Å². The van der Waals surface area contributed by atoms with Gasteiger partial charge in [0, 0.05) is 35.7 Å². The standard InChI is InChI=1S/C22H25N5O2/c23-10-19-17-9-15(5-6-16(17)21(28)12-24-19)18-11-25-27-8-7-26(13-20(18)27)22(29)14-3-1-2-4-14/h5-6,9,11,14H,1-4,7-8,10,12-13,23H2. The molecule has 1 amide bonds. The van der Waals surface area contributed by atoms with Crippen LogP contribution in [0.1, 0.15) is 47.3 Å². The van der Waals surface area contributed by atoms with Crippen molar-refractivity contribution in [3.05, 3.63) is 41.2 Å². The average Bonchev–Trinajstić information content (AvgIpc) is 3.43. The monoisotopic (exact) mass is 391 g/mol. The third-order valence-corrected chi connectivity index (χ3v) is 6.44. The van der Waals surface area contributed by atoms with Crippen molar-refractivity contribution in [1.82, 2.24) is 14.7 Å². The van der Waals surface area contributed by atoms with Crippen LogP contribution in [0.15, 0.2) is 29.4 Å². The molecule has 1 fully saturated rings. The molecule has 0 unspecified atom stereocenters. The molecular weight excluding hydrogens is 366 g/mol. The van der Waals surface area contributed by atoms with Gasteiger partial charge in [-0.25, -0.2) is 0 Å². The largest absolute Gasteiger partial charge is 0.335 e. The molecule has 150 valence electrons. The van der Waals surface area contributed by atoms with Crippen molar-refractivity contribution in [3.63, 3.8) is 0 Å². The van der Waals surface area contributed by atoms with E-state index in [0.717, 1.165) is 53.8 Å². The third-order valence-electron chi connectivity index (χ3n) is 6.44. The first-order valence-corrected chi connectivity index (χ1v) is 10.4. The highest BCUT2D eigenvalue weighted by molar-refractivity contribution is 6.16. The van der Waals surface area contributed by atoms with E-state index in [1.165, 1.54) is 0 Å². The predicted molar refractivity (Wildman–Crippen MR) is 110 cm³/mol. The number of aliphatic imine (C=N–C) groups is 1. The smallest absolute Gasteiger partial charge is 0.226 e. The minimum absolute atomic E-state index is 0.0223. The number of fused-ring (bicyclic) bond motifs is 2. The Morgan fingerprint density at radius 2 is 1.97 bits per heavy atom. The van der Waals surface area contributed by atoms with Crippen LogP contribution in [0, 0.1) is 5.92 Å². The van der Waals surface area contributed by atoms with E-state index < -0.39 is 0 Å². The van der Waals surface area contributed by atoms with E-state index in [-0.39, 0.29) is 24.2 Å². The van der Waals surface area contributed by atoms with Gasteiger partial charge in [-0.05, 0) is 24.5 Å². The third kappa shape index (κ3) is 3.09. The fourth-order valence-electron chi connectivity index (χ4n) is 4.81. The fourth-order valence-corrected chi connectivity index (χ4v) is 4.81. The summed E-state index contributed by atoms with van der Waals surface area (Å²) in [5.74, 6) is 0.495. The number of nitrogens with zero attached hydrogens (tertiary/aromatic N) is 4. The highest BCUT2D eigenvalue weighted by Crippen LogP contribution is 2.32. The lowest BCUT2D eigenvalue weighted by atomic mass is 9.92. The number of amides is 1. The molecule has 0 atom stereocenters. The zero-order valence-corrected chi connectivity index (χ0v) is 16.4. The quantitative estimate of drug-likeness (QED) is 0.866. The molecule has 3 aliphatic rings. The zero-order chi connectivity index (χ0) is 20.0. The highest BCUT2D eigenvalue weighted by Gasteiger charge is 2.31. The molecule has 7 nitrogen and oxygen atoms in total. The number of benzene rings is 1. The Labute approximate surface area is 169 Å². The lowest BCUT2D eigenvalue weighted by molar-refractivity contribution is -0.136. The number of ketones is 1. The topological polar surface area (TPSA) is 93.6 Å². The van der Waals surface area contributed by atoms with Gasteiger partial charge in [-0.3, -0.25) is 19.3 Å². The van der Waals surface area contributed by atoms with Crippen molar-refractivity contribution in [1.29, 1.82) is 0 Å². The van der Waals surface area contributed by atoms with Crippen molar-refractivity contribution in [2.45, 2.75) is 38.8 Å². The SMILES string of the molecule is NCC1=NCC(=O)c2ccc(-c3cnn4c3CN(C(=O)C3CCCC3)CC4)cc21. The number of hydrogen-bond acceptors (Lipinski definition) is 5. The van der Waals surface area contributed by atoms with Crippen LogP contribution >= 0.6 is 0 Å². The molecule has 29 heavy (non-hydrogen) atoms. The van der Waals surface area contributed by atoms with Crippen molar-refractivity contribution >= 4 is 17.4 Å². The molecule has 0 saturated heterocycles. The van der Waals surface area contributed by atoms with Gasteiger partial charge in [0.1, 0.15) is 6.54 Å². The molecule has 2 N–H and O–H groups in total. The van der Waals surface area contributed by atoms with Gasteiger partial charge in [0.15, 0.2) is 5.78 Å². The molecule has 0 spiro atoms. The van der Waals surface area contributed by atoms with E-state index in [0.29, 0.717) is 31.7 Å². The number of rotatable bonds is 3. The minimum Gasteiger partial charge on any atom is -0.335 e. The molecule has 2 aliphatic heterocycles. The average molecular weight is 391 g/mol. The van der Waals surface area contributed by atoms with Crippen LogP contribution in [0.5, 0.6) is 0 Å². The first-order chi connectivity index (χ1) is 14.2. The number of carbonyl (C=O) groups is 2. The number of nitrogens with two attached hydrogens (primary N) is 1. The Morgan fingerprint density at radius 3 is 2.76 bits per heavy atom. The van der Waals surface area contributed by atoms with Crippen LogP contribution < -0.4 is 5.73 Å². The fraction of sp³-hybridized carbons (Fsp3) is 0.455. The van der Waals surface area contributed by atoms with E-state index in [1.54, 1.807) is 0 Å². The molecule has 1 aliphatic carbocycles. The Kier molecular flexibility index (Phi) is 4.54. The highest BCUT2D eigenvalue weighted by atomic mass is 16.2. The van der Waals surface area contributed by atoms with Gasteiger partial charge in [-0.15, -0.1) is 0 Å². The van der Waals surface area contributed by atoms with Crippen molar-refractivity contribution in [2.75, 3.05) is 19.6 Å². The molecule has 0 radical (unpaired) electrons. The molecule has 1 aromatic heterocycles. The summed E-state index contributed by atoms with van der Waals surface area (Å²) in [6, 6.07) is 5.82. The van der Waals surface area contributed by atoms with Crippen molar-refractivity contribution in [2.24, 2.45) is 16.6 Å². The predicted octanol–water partition coefficient (Wildman–Crippen LogP) is 2.03. The molecular formula is C22H25N5O2. The van der Waals surface area contributed by atoms with E-state index in [9.17, 15) is 9.59 Å². The summed E-state index contributed by atoms with van der Waals surface area (Å²) in [5.41, 5.74) is 11.2. The van der Waals surface area contributed by atoms with E-state index in [4.69, 9.17) is 5.73 Å². The first-order valence-electron chi connectivity index (χ1n) is 10.4. The van der Waals surface area contributed by atoms with E-state index >= 15 is 0 Å². The summed E-state index contributed by atoms with van der Waals surface area (Å²) >= 11 is 0. The van der Waals surface area contributed by atoms with Crippen molar-refractivity contribution < 1.29 is 9.59 Å². The number of hydrogen-bond donors (Lipinski definition) is 1. The van der Waals surface area contributed by atoms with E-state index in [1.807, 2.05) is 34.0 Å². The van der Waals surface area contributed by atoms with Gasteiger partial charge >= 0.3 is 0 Å². The number of aromatic nitrogens is 2. The summed E-state index contributed by atoms with van der Waals surface area (Å²) in [6.45, 7) is 2.48. The summed E-state index contributed by atoms with van der Waals surface area (Å²) in [5, 5.41) is 4.55. The lowest BCUT2D eigenvalue weighted by Crippen LogP contribution is -2.41. The second-order valence-electron chi connectivity index (χ2n) is 8.12. The van der Waals surface area contributed by atoms with Gasteiger partial charge in [0.25, 0.3) is 0 Å². The van der Waals surface area contributed by atoms with Crippen molar-refractivity contribution in [3.8, 4) is 11.1 Å². The van der Waals surface area contributed by atoms with Crippen LogP contribution in [0.3, 0.4) is 0 Å². The molecule has 1 aromatic carbocycles. The van der Waals surface area contributed by atoms with Crippen LogP contribution in [-0.4, -0.2) is 51.7 Å². The molecule has 2 aromatic rings. The summed E-state index contributed by atoms with van der Waals surface area (Å²) in [7, 11) is 0. The molecule has 1 saturated carbocycles. The van der Waals surface area contributed by atoms with E-state index in [2.05, 4.69) is 10.1 Å². The van der Waals surface area contributed by atoms with Gasteiger partial charge in [-0.2, -0.15) is 5.10 Å². The minimum atomic E-state index is 0.0223. The molecule has 5 rings (SSSR count). The van der Waals surface area contributed by atoms with Gasteiger partial charge in [0.05, 0.1) is 30.7 Å². The van der Waals surface area contributed by atoms with Crippen LogP contribution in [0.25, 0.3) is 11.1 Å². The Bertz CT molecular complexity index is 1020. The zero-order valence-electron chi connectivity index (χ0n) is 16.4. The van der Waals surface area contributed by atoms with Gasteiger partial charge in [0.2, 0.25) is 5.91 Å². The van der Waals surface area contributed by atoms with Crippen LogP contribution in [0.2, 0.25) is 0 Å². The first kappa shape index (κ1) is 18.2. The summed E-state index contributed by atoms with van der Waals surface area (Å²) < 4.78 is 2.00. The summed E-state index contributed by atoms with van der Waals surface area (Å²) in [6.07, 6.45) is 6.21. The molecule has 7 heteroatoms. The summed E-state index contributed by atoms with van der Waals surface area (Å²) in [4.78, 5) is 31.5. The number of carbonyl (C=O) groups excluding carboxylic acids is 2. The Hall–Kier alpha value is -2.80. The molecule has 3 heterocycles. The second kappa shape index (κ2) is 7.22. The maximum absolute atomic E-state index is 12.9. The van der Waals surface area contributed by atoms with Gasteiger partial charge < -0.3 is 10.6 Å². The van der Waals surface area contributed by atoms with Crippen LogP contribution in [0.4, 0.5) is 0 Å². The van der Waals surface area contributed by atoms with Gasteiger partial charge in [-0.1, -0.05) is 25.0 Å².